The molecule has 0 spiro atoms. The summed E-state index contributed by atoms with van der Waals surface area (Å²) >= 11 is -0.400. The lowest BCUT2D eigenvalue weighted by Crippen LogP contribution is -2.40. The number of ether oxygens (including phenoxy) is 1. The number of aliphatic hydroxyl groups is 1. The van der Waals surface area contributed by atoms with Gasteiger partial charge in [0.15, 0.2) is 6.10 Å². The van der Waals surface area contributed by atoms with Crippen LogP contribution in [0.5, 0.6) is 11.5 Å². The van der Waals surface area contributed by atoms with Crippen LogP contribution in [-0.2, 0) is 5.92 Å². The number of alkyl halides is 11. The van der Waals surface area contributed by atoms with Crippen LogP contribution in [0.3, 0.4) is 0 Å². The zero-order chi connectivity index (χ0) is 29.9. The number of hydrogen-bond donors (Lipinski definition) is 2. The van der Waals surface area contributed by atoms with E-state index in [1.807, 2.05) is 0 Å². The van der Waals surface area contributed by atoms with Gasteiger partial charge >= 0.3 is 23.8 Å². The van der Waals surface area contributed by atoms with Crippen LogP contribution in [0.25, 0.3) is 0 Å². The lowest BCUT2D eigenvalue weighted by Gasteiger charge is -2.25. The van der Waals surface area contributed by atoms with Gasteiger partial charge in [-0.3, -0.25) is 0 Å². The Morgan fingerprint density at radius 1 is 0.725 bits per heavy atom. The summed E-state index contributed by atoms with van der Waals surface area (Å²) in [6.07, 6.45) is -13.9. The molecule has 0 heterocycles. The second-order valence-corrected chi connectivity index (χ2v) is 9.43. The molecule has 3 nitrogen and oxygen atoms in total. The Morgan fingerprint density at radius 3 is 1.85 bits per heavy atom. The Labute approximate surface area is 224 Å². The second kappa shape index (κ2) is 11.8. The van der Waals surface area contributed by atoms with E-state index >= 15 is 0 Å². The van der Waals surface area contributed by atoms with Crippen molar-refractivity contribution in [3.8, 4) is 11.5 Å². The number of nitrogens with one attached hydrogen (secondary N) is 1. The van der Waals surface area contributed by atoms with Gasteiger partial charge in [-0.15, -0.1) is 0 Å². The molecular formula is C25H18F11NO2S. The average molecular weight is 605 g/mol. The van der Waals surface area contributed by atoms with E-state index in [0.717, 1.165) is 18.2 Å². The summed E-state index contributed by atoms with van der Waals surface area (Å²) in [4.78, 5) is -0.204. The van der Waals surface area contributed by atoms with Gasteiger partial charge in [0, 0.05) is 17.0 Å². The smallest absolute Gasteiger partial charge is 0.457 e. The van der Waals surface area contributed by atoms with Gasteiger partial charge in [0.25, 0.3) is 0 Å². The summed E-state index contributed by atoms with van der Waals surface area (Å²) in [6, 6.07) is 11.5. The fourth-order valence-electron chi connectivity index (χ4n) is 3.48. The van der Waals surface area contributed by atoms with Gasteiger partial charge in [0.1, 0.15) is 11.5 Å². The third-order valence-electron chi connectivity index (χ3n) is 5.30. The molecule has 15 heteroatoms. The first-order chi connectivity index (χ1) is 18.4. The van der Waals surface area contributed by atoms with E-state index in [4.69, 9.17) is 4.74 Å². The minimum absolute atomic E-state index is 0.0279. The van der Waals surface area contributed by atoms with Gasteiger partial charge in [-0.1, -0.05) is 36.4 Å². The van der Waals surface area contributed by atoms with E-state index in [-0.39, 0.29) is 27.5 Å². The van der Waals surface area contributed by atoms with Crippen molar-refractivity contribution in [2.45, 2.75) is 40.8 Å². The molecule has 218 valence electrons. The van der Waals surface area contributed by atoms with E-state index in [1.165, 1.54) is 42.5 Å². The summed E-state index contributed by atoms with van der Waals surface area (Å²) in [7, 11) is 0. The van der Waals surface area contributed by atoms with Crippen molar-refractivity contribution < 1.29 is 58.1 Å². The molecule has 0 saturated heterocycles. The lowest BCUT2D eigenvalue weighted by molar-refractivity contribution is -0.289. The van der Waals surface area contributed by atoms with Crippen LogP contribution in [-0.4, -0.2) is 35.6 Å². The number of halogens is 11. The van der Waals surface area contributed by atoms with Crippen LogP contribution in [0.15, 0.2) is 77.7 Å². The fraction of sp³-hybridized carbons (Fsp3) is 0.280. The second-order valence-electron chi connectivity index (χ2n) is 8.29. The Balaban J connectivity index is 1.98. The van der Waals surface area contributed by atoms with Gasteiger partial charge in [-0.25, -0.2) is 0 Å². The molecule has 0 aromatic heterocycles. The van der Waals surface area contributed by atoms with Crippen LogP contribution in [0.1, 0.15) is 22.7 Å². The minimum Gasteiger partial charge on any atom is -0.457 e. The van der Waals surface area contributed by atoms with Crippen LogP contribution in [0.2, 0.25) is 0 Å². The summed E-state index contributed by atoms with van der Waals surface area (Å²) in [5.41, 5.74) is -6.31. The molecule has 1 unspecified atom stereocenters. The predicted octanol–water partition coefficient (Wildman–Crippen LogP) is 8.35. The zero-order valence-electron chi connectivity index (χ0n) is 19.7. The molecule has 3 aromatic rings. The first-order valence-electron chi connectivity index (χ1n) is 11.0. The molecule has 40 heavy (non-hydrogen) atoms. The molecule has 2 atom stereocenters. The van der Waals surface area contributed by atoms with Crippen molar-refractivity contribution in [2.24, 2.45) is 0 Å². The van der Waals surface area contributed by atoms with E-state index in [0.29, 0.717) is 12.1 Å². The van der Waals surface area contributed by atoms with Gasteiger partial charge in [-0.2, -0.15) is 48.3 Å². The Kier molecular flexibility index (Phi) is 9.31. The van der Waals surface area contributed by atoms with Gasteiger partial charge in [-0.05, 0) is 59.3 Å². The number of benzene rings is 3. The Hall–Kier alpha value is -3.04. The van der Waals surface area contributed by atoms with Crippen LogP contribution < -0.4 is 10.1 Å². The standard InChI is InChI=1S/C25H18F11NO2S/c26-22(27,24(31,32)33)16-6-1-4-14(10-16)21(37-13-20(38)23(28,29)30)15-5-2-7-17(11-15)39-18-8-3-9-19(12-18)40-25(34,35)36/h1-12,20-21,37-38H,13H2/t20-,21?/m1/s1. The highest BCUT2D eigenvalue weighted by Gasteiger charge is 2.58. The van der Waals surface area contributed by atoms with Crippen molar-refractivity contribution in [1.82, 2.24) is 5.32 Å². The molecule has 0 saturated carbocycles. The maximum Gasteiger partial charge on any atom is 0.458 e. The molecule has 0 aliphatic heterocycles. The normalized spacial score (nSPS) is 14.6. The zero-order valence-corrected chi connectivity index (χ0v) is 20.5. The molecule has 0 bridgehead atoms. The summed E-state index contributed by atoms with van der Waals surface area (Å²) in [5.74, 6) is -5.36. The third kappa shape index (κ3) is 8.24. The summed E-state index contributed by atoms with van der Waals surface area (Å²) in [5, 5.41) is 11.7. The Bertz CT molecular complexity index is 1290. The highest BCUT2D eigenvalue weighted by molar-refractivity contribution is 8.00. The highest BCUT2D eigenvalue weighted by Crippen LogP contribution is 2.44. The number of aliphatic hydroxyl groups excluding tert-OH is 1. The molecule has 0 fully saturated rings. The van der Waals surface area contributed by atoms with E-state index in [1.54, 1.807) is 0 Å². The fourth-order valence-corrected chi connectivity index (χ4v) is 4.07. The maximum absolute atomic E-state index is 14.0. The van der Waals surface area contributed by atoms with Gasteiger partial charge in [0.2, 0.25) is 0 Å². The largest absolute Gasteiger partial charge is 0.458 e. The quantitative estimate of drug-likeness (QED) is 0.190. The molecule has 3 rings (SSSR count). The topological polar surface area (TPSA) is 41.5 Å². The van der Waals surface area contributed by atoms with Crippen LogP contribution in [0.4, 0.5) is 48.3 Å². The van der Waals surface area contributed by atoms with Crippen molar-refractivity contribution >= 4 is 11.8 Å². The van der Waals surface area contributed by atoms with E-state index in [9.17, 15) is 53.4 Å². The molecule has 0 amide bonds. The van der Waals surface area contributed by atoms with Crippen molar-refractivity contribution in [3.05, 3.63) is 89.5 Å². The molecular weight excluding hydrogens is 587 g/mol. The number of thioether (sulfide) groups is 1. The first kappa shape index (κ1) is 31.5. The number of rotatable bonds is 9. The van der Waals surface area contributed by atoms with Gasteiger partial charge < -0.3 is 15.2 Å². The summed E-state index contributed by atoms with van der Waals surface area (Å²) in [6.45, 7) is -1.16. The molecule has 2 N–H and O–H groups in total. The molecule has 3 aromatic carbocycles. The molecule has 0 aliphatic rings. The summed E-state index contributed by atoms with van der Waals surface area (Å²) < 4.78 is 149. The van der Waals surface area contributed by atoms with Gasteiger partial charge in [0.05, 0.1) is 6.04 Å². The predicted molar refractivity (Wildman–Crippen MR) is 123 cm³/mol. The van der Waals surface area contributed by atoms with E-state index in [2.05, 4.69) is 5.32 Å². The molecule has 0 aliphatic carbocycles. The van der Waals surface area contributed by atoms with Crippen molar-refractivity contribution in [3.63, 3.8) is 0 Å². The first-order valence-corrected chi connectivity index (χ1v) is 11.9. The van der Waals surface area contributed by atoms with Crippen molar-refractivity contribution in [1.29, 1.82) is 0 Å². The SMILES string of the molecule is O[C@H](CNC(c1cccc(Oc2cccc(SC(F)(F)F)c2)c1)c1cccc(C(F)(F)C(F)(F)F)c1)C(F)(F)F. The lowest BCUT2D eigenvalue weighted by atomic mass is 9.95. The average Bonchev–Trinajstić information content (AvgIpc) is 2.82. The molecule has 0 radical (unpaired) electrons. The third-order valence-corrected chi connectivity index (χ3v) is 6.02. The minimum atomic E-state index is -5.95. The van der Waals surface area contributed by atoms with Crippen LogP contribution in [0, 0.1) is 0 Å². The highest BCUT2D eigenvalue weighted by atomic mass is 32.2. The Morgan fingerprint density at radius 2 is 1.27 bits per heavy atom. The van der Waals surface area contributed by atoms with E-state index < -0.39 is 59.8 Å². The monoisotopic (exact) mass is 605 g/mol. The number of hydrogen-bond acceptors (Lipinski definition) is 4. The maximum atomic E-state index is 14.0. The van der Waals surface area contributed by atoms with Crippen molar-refractivity contribution in [2.75, 3.05) is 6.54 Å². The van der Waals surface area contributed by atoms with Crippen LogP contribution >= 0.6 is 11.8 Å².